The molecule has 11 nitrogen and oxygen atoms in total. The molecule has 3 saturated heterocycles. The molecule has 3 fully saturated rings. The van der Waals surface area contributed by atoms with E-state index in [9.17, 15) is 4.79 Å². The summed E-state index contributed by atoms with van der Waals surface area (Å²) in [5.41, 5.74) is 1.05. The molecule has 13 heteroatoms. The average molecular weight is 644 g/mol. The fourth-order valence-electron chi connectivity index (χ4n) is 5.90. The molecule has 0 aliphatic carbocycles. The van der Waals surface area contributed by atoms with Crippen LogP contribution in [0, 0.1) is 0 Å². The van der Waals surface area contributed by atoms with E-state index in [-0.39, 0.29) is 24.1 Å². The van der Waals surface area contributed by atoms with Gasteiger partial charge in [0.2, 0.25) is 5.91 Å². The van der Waals surface area contributed by atoms with Crippen molar-refractivity contribution in [3.8, 4) is 22.8 Å². The van der Waals surface area contributed by atoms with Gasteiger partial charge in [-0.1, -0.05) is 29.8 Å². The van der Waals surface area contributed by atoms with Gasteiger partial charge in [0.25, 0.3) is 0 Å². The molecule has 1 amide bonds. The topological polar surface area (TPSA) is 119 Å². The van der Waals surface area contributed by atoms with Crippen LogP contribution in [-0.2, 0) is 14.3 Å². The molecule has 0 spiro atoms. The summed E-state index contributed by atoms with van der Waals surface area (Å²) >= 11 is 13.5. The molecule has 234 valence electrons. The third-order valence-electron chi connectivity index (χ3n) is 8.40. The van der Waals surface area contributed by atoms with E-state index in [4.69, 9.17) is 52.1 Å². The minimum absolute atomic E-state index is 0.0677. The highest BCUT2D eigenvalue weighted by Crippen LogP contribution is 2.46. The van der Waals surface area contributed by atoms with Crippen LogP contribution in [-0.4, -0.2) is 98.7 Å². The Kier molecular flexibility index (Phi) is 9.29. The lowest BCUT2D eigenvalue weighted by molar-refractivity contribution is -0.117. The van der Waals surface area contributed by atoms with E-state index >= 15 is 0 Å². The fourth-order valence-corrected chi connectivity index (χ4v) is 6.60. The highest BCUT2D eigenvalue weighted by molar-refractivity contribution is 6.41. The van der Waals surface area contributed by atoms with E-state index < -0.39 is 0 Å². The average Bonchev–Trinajstić information content (AvgIpc) is 3.65. The number of fused-ring (bicyclic) bond motifs is 1. The molecule has 1 aromatic carbocycles. The van der Waals surface area contributed by atoms with E-state index in [1.165, 1.54) is 20.3 Å². The van der Waals surface area contributed by atoms with Gasteiger partial charge in [0, 0.05) is 54.8 Å². The van der Waals surface area contributed by atoms with Gasteiger partial charge in [0.1, 0.15) is 23.1 Å². The molecule has 3 atom stereocenters. The van der Waals surface area contributed by atoms with Gasteiger partial charge < -0.3 is 34.9 Å². The molecular formula is C31H36Cl2N6O5. The van der Waals surface area contributed by atoms with Gasteiger partial charge in [-0.15, -0.1) is 0 Å². The quantitative estimate of drug-likeness (QED) is 0.260. The van der Waals surface area contributed by atoms with Crippen molar-refractivity contribution in [2.45, 2.75) is 37.1 Å². The molecule has 3 aliphatic heterocycles. The lowest BCUT2D eigenvalue weighted by Gasteiger charge is -2.34. The second-order valence-electron chi connectivity index (χ2n) is 11.2. The number of rotatable bonds is 11. The van der Waals surface area contributed by atoms with Gasteiger partial charge in [-0.3, -0.25) is 9.69 Å². The smallest absolute Gasteiger partial charge is 0.243 e. The number of nitrogens with zero attached hydrogens (tertiary/aromatic N) is 3. The normalized spacial score (nSPS) is 22.0. The Morgan fingerprint density at radius 2 is 1.89 bits per heavy atom. The summed E-state index contributed by atoms with van der Waals surface area (Å²) < 4.78 is 22.3. The molecule has 0 saturated carbocycles. The van der Waals surface area contributed by atoms with Crippen LogP contribution in [0.1, 0.15) is 12.8 Å². The van der Waals surface area contributed by atoms with Crippen LogP contribution in [0.25, 0.3) is 22.0 Å². The highest BCUT2D eigenvalue weighted by Gasteiger charge is 2.39. The largest absolute Gasteiger partial charge is 0.495 e. The third kappa shape index (κ3) is 6.25. The summed E-state index contributed by atoms with van der Waals surface area (Å²) in [4.78, 5) is 24.3. The number of carbonyl (C=O) groups is 1. The van der Waals surface area contributed by atoms with Crippen molar-refractivity contribution >= 4 is 51.5 Å². The second kappa shape index (κ2) is 13.3. The molecule has 3 N–H and O–H groups in total. The van der Waals surface area contributed by atoms with Crippen molar-refractivity contribution in [2.24, 2.45) is 0 Å². The zero-order valence-corrected chi connectivity index (χ0v) is 26.2. The number of hydrogen-bond acceptors (Lipinski definition) is 10. The van der Waals surface area contributed by atoms with Crippen molar-refractivity contribution in [2.75, 3.05) is 64.3 Å². The van der Waals surface area contributed by atoms with Crippen LogP contribution >= 0.6 is 23.2 Å². The predicted molar refractivity (Wildman–Crippen MR) is 171 cm³/mol. The number of benzene rings is 1. The van der Waals surface area contributed by atoms with E-state index in [2.05, 4.69) is 27.4 Å². The first-order valence-corrected chi connectivity index (χ1v) is 15.4. The number of methoxy groups -OCH3 is 2. The number of halogens is 2. The van der Waals surface area contributed by atoms with Crippen molar-refractivity contribution in [3.05, 3.63) is 47.1 Å². The summed E-state index contributed by atoms with van der Waals surface area (Å²) in [6, 6.07) is 5.68. The lowest BCUT2D eigenvalue weighted by Crippen LogP contribution is -2.49. The lowest BCUT2D eigenvalue weighted by atomic mass is 10.1. The van der Waals surface area contributed by atoms with Gasteiger partial charge in [-0.2, -0.15) is 0 Å². The van der Waals surface area contributed by atoms with Crippen molar-refractivity contribution < 1.29 is 23.7 Å². The Labute approximate surface area is 266 Å². The number of carbonyl (C=O) groups excluding carboxylic acids is 1. The zero-order chi connectivity index (χ0) is 30.8. The molecule has 5 heterocycles. The van der Waals surface area contributed by atoms with Crippen molar-refractivity contribution in [1.29, 1.82) is 0 Å². The van der Waals surface area contributed by atoms with Gasteiger partial charge in [-0.05, 0) is 31.1 Å². The highest BCUT2D eigenvalue weighted by atomic mass is 35.5. The summed E-state index contributed by atoms with van der Waals surface area (Å²) in [5.74, 6) is 1.95. The Bertz CT molecular complexity index is 1520. The Morgan fingerprint density at radius 3 is 2.52 bits per heavy atom. The van der Waals surface area contributed by atoms with Gasteiger partial charge in [0.15, 0.2) is 0 Å². The molecule has 0 radical (unpaired) electrons. The van der Waals surface area contributed by atoms with Crippen LogP contribution < -0.4 is 25.4 Å². The first-order valence-electron chi connectivity index (χ1n) is 14.7. The molecule has 3 aromatic rings. The monoisotopic (exact) mass is 642 g/mol. The molecule has 3 aliphatic rings. The Hall–Kier alpha value is -3.35. The van der Waals surface area contributed by atoms with Gasteiger partial charge in [0.05, 0.1) is 67.4 Å². The number of anilines is 2. The number of hydrogen-bond donors (Lipinski definition) is 3. The van der Waals surface area contributed by atoms with Crippen LogP contribution in [0.15, 0.2) is 37.1 Å². The van der Waals surface area contributed by atoms with Crippen molar-refractivity contribution in [3.63, 3.8) is 0 Å². The number of amides is 1. The molecule has 2 aromatic heterocycles. The van der Waals surface area contributed by atoms with Crippen LogP contribution in [0.2, 0.25) is 10.0 Å². The third-order valence-corrected chi connectivity index (χ3v) is 9.15. The summed E-state index contributed by atoms with van der Waals surface area (Å²) in [6.45, 7) is 7.81. The number of likely N-dealkylation sites (tertiary alicyclic amines) is 1. The SMILES string of the molecule is C=CC(=O)N[C@H]1CN(C2COC2)C[C@H]1Nc1cc2c(NCC3CCCO3)nc(-c3c(Cl)c(OC)cc(OC)c3Cl)cc2cn1. The number of aromatic nitrogens is 2. The van der Waals surface area contributed by atoms with E-state index in [1.54, 1.807) is 12.3 Å². The number of pyridine rings is 2. The molecule has 1 unspecified atom stereocenters. The maximum atomic E-state index is 12.2. The van der Waals surface area contributed by atoms with Crippen molar-refractivity contribution in [1.82, 2.24) is 20.2 Å². The maximum absolute atomic E-state index is 12.2. The number of nitrogens with one attached hydrogen (secondary N) is 3. The minimum atomic E-state index is -0.205. The standard InChI is InChI=1S/C31H36Cl2N6O5/c1-4-27(40)37-23-14-39(18-15-43-16-18)13-22(23)36-26-9-20-17(11-34-26)8-21(38-31(20)35-12-19-6-5-7-44-19)28-29(32)24(41-2)10-25(42-3)30(28)33/h4,8-11,18-19,22-23H,1,5-7,12-16H2,2-3H3,(H,34,36)(H,35,38)(H,37,40)/t19?,22-,23+/m1/s1. The molecule has 0 bridgehead atoms. The summed E-state index contributed by atoms with van der Waals surface area (Å²) in [6.07, 6.45) is 5.19. The second-order valence-corrected chi connectivity index (χ2v) is 11.9. The van der Waals surface area contributed by atoms with Crippen LogP contribution in [0.5, 0.6) is 11.5 Å². The van der Waals surface area contributed by atoms with E-state index in [0.29, 0.717) is 76.8 Å². The maximum Gasteiger partial charge on any atom is 0.243 e. The molecule has 6 rings (SSSR count). The molecule has 44 heavy (non-hydrogen) atoms. The van der Waals surface area contributed by atoms with Gasteiger partial charge in [-0.25, -0.2) is 9.97 Å². The summed E-state index contributed by atoms with van der Waals surface area (Å²) in [7, 11) is 3.08. The predicted octanol–water partition coefficient (Wildman–Crippen LogP) is 4.38. The van der Waals surface area contributed by atoms with Crippen LogP contribution in [0.4, 0.5) is 11.6 Å². The van der Waals surface area contributed by atoms with E-state index in [0.717, 1.165) is 36.8 Å². The minimum Gasteiger partial charge on any atom is -0.495 e. The number of ether oxygens (including phenoxy) is 4. The Balaban J connectivity index is 1.36. The fraction of sp³-hybridized carbons (Fsp3) is 0.452. The van der Waals surface area contributed by atoms with E-state index in [1.807, 2.05) is 12.1 Å². The first kappa shape index (κ1) is 30.7. The Morgan fingerprint density at radius 1 is 1.14 bits per heavy atom. The first-order chi connectivity index (χ1) is 21.4. The van der Waals surface area contributed by atoms with Gasteiger partial charge >= 0.3 is 0 Å². The molecular weight excluding hydrogens is 607 g/mol. The summed E-state index contributed by atoms with van der Waals surface area (Å²) in [5, 5.41) is 12.5. The zero-order valence-electron chi connectivity index (χ0n) is 24.7. The van der Waals surface area contributed by atoms with Crippen LogP contribution in [0.3, 0.4) is 0 Å².